The number of rotatable bonds is 6. The van der Waals surface area contributed by atoms with Gasteiger partial charge in [0.2, 0.25) is 0 Å². The molecule has 0 bridgehead atoms. The van der Waals surface area contributed by atoms with Gasteiger partial charge >= 0.3 is 0 Å². The highest BCUT2D eigenvalue weighted by Gasteiger charge is 2.03. The summed E-state index contributed by atoms with van der Waals surface area (Å²) in [5, 5.41) is 3.47. The van der Waals surface area contributed by atoms with Crippen molar-refractivity contribution in [2.24, 2.45) is 0 Å². The van der Waals surface area contributed by atoms with E-state index in [4.69, 9.17) is 0 Å². The Kier molecular flexibility index (Phi) is 8.55. The summed E-state index contributed by atoms with van der Waals surface area (Å²) in [7, 11) is 0. The summed E-state index contributed by atoms with van der Waals surface area (Å²) in [4.78, 5) is 0. The topological polar surface area (TPSA) is 12.0 Å². The summed E-state index contributed by atoms with van der Waals surface area (Å²) in [5.74, 6) is 0. The van der Waals surface area contributed by atoms with Gasteiger partial charge in [0.15, 0.2) is 0 Å². The molecule has 0 spiro atoms. The van der Waals surface area contributed by atoms with Crippen LogP contribution in [0.25, 0.3) is 11.1 Å². The van der Waals surface area contributed by atoms with Crippen LogP contribution in [0.1, 0.15) is 31.4 Å². The van der Waals surface area contributed by atoms with Gasteiger partial charge in [-0.05, 0) is 40.5 Å². The van der Waals surface area contributed by atoms with Crippen molar-refractivity contribution in [1.29, 1.82) is 0 Å². The molecule has 0 aliphatic heterocycles. The summed E-state index contributed by atoms with van der Waals surface area (Å²) in [5.41, 5.74) is 6.79. The fourth-order valence-corrected chi connectivity index (χ4v) is 2.78. The van der Waals surface area contributed by atoms with Gasteiger partial charge in [-0.2, -0.15) is 0 Å². The molecule has 1 aliphatic carbocycles. The van der Waals surface area contributed by atoms with Crippen LogP contribution in [-0.2, 0) is 0 Å². The van der Waals surface area contributed by atoms with Crippen LogP contribution >= 0.6 is 0 Å². The summed E-state index contributed by atoms with van der Waals surface area (Å²) >= 11 is 0. The Morgan fingerprint density at radius 1 is 0.964 bits per heavy atom. The maximum Gasteiger partial charge on any atom is 0.0381 e. The second-order valence-corrected chi connectivity index (χ2v) is 6.11. The predicted octanol–water partition coefficient (Wildman–Crippen LogP) is 7.81. The minimum absolute atomic E-state index is 0.885. The first-order valence-corrected chi connectivity index (χ1v) is 9.74. The molecule has 0 heterocycles. The highest BCUT2D eigenvalue weighted by Crippen LogP contribution is 2.23. The van der Waals surface area contributed by atoms with Crippen molar-refractivity contribution in [2.75, 3.05) is 5.32 Å². The number of benzene rings is 2. The Morgan fingerprint density at radius 3 is 2.36 bits per heavy atom. The summed E-state index contributed by atoms with van der Waals surface area (Å²) < 4.78 is 0. The summed E-state index contributed by atoms with van der Waals surface area (Å²) in [6, 6.07) is 18.8. The van der Waals surface area contributed by atoms with Crippen LogP contribution in [0.5, 0.6) is 0 Å². The van der Waals surface area contributed by atoms with Crippen molar-refractivity contribution in [1.82, 2.24) is 0 Å². The molecule has 1 nitrogen and oxygen atoms in total. The molecule has 0 radical (unpaired) electrons. The summed E-state index contributed by atoms with van der Waals surface area (Å²) in [6.45, 7) is 11.8. The van der Waals surface area contributed by atoms with Gasteiger partial charge in [-0.15, -0.1) is 0 Å². The second-order valence-electron chi connectivity index (χ2n) is 6.11. The first kappa shape index (κ1) is 21.0. The monoisotopic (exact) mass is 367 g/mol. The molecular weight excluding hydrogens is 338 g/mol. The van der Waals surface area contributed by atoms with Gasteiger partial charge in [0.25, 0.3) is 0 Å². The number of para-hydroxylation sites is 1. The molecule has 1 heteroatoms. The SMILES string of the molecule is C=C/C=C\C(=C)c1ccc(C2=CC=C(Nc3ccccc3)CC=C2)cc1.CC. The molecule has 3 rings (SSSR count). The van der Waals surface area contributed by atoms with Gasteiger partial charge in [-0.1, -0.05) is 106 Å². The van der Waals surface area contributed by atoms with Crippen molar-refractivity contribution in [2.45, 2.75) is 20.3 Å². The number of hydrogen-bond donors (Lipinski definition) is 1. The largest absolute Gasteiger partial charge is 0.359 e. The number of nitrogens with one attached hydrogen (secondary N) is 1. The van der Waals surface area contributed by atoms with E-state index in [9.17, 15) is 0 Å². The highest BCUT2D eigenvalue weighted by atomic mass is 14.9. The molecule has 1 N–H and O–H groups in total. The zero-order valence-electron chi connectivity index (χ0n) is 16.9. The molecule has 0 fully saturated rings. The van der Waals surface area contributed by atoms with Gasteiger partial charge in [0.05, 0.1) is 0 Å². The molecule has 0 saturated heterocycles. The average Bonchev–Trinajstić information content (AvgIpc) is 3.00. The summed E-state index contributed by atoms with van der Waals surface area (Å²) in [6.07, 6.45) is 15.2. The Hall–Kier alpha value is -3.32. The van der Waals surface area contributed by atoms with E-state index in [-0.39, 0.29) is 0 Å². The fourth-order valence-electron chi connectivity index (χ4n) is 2.78. The van der Waals surface area contributed by atoms with Crippen LogP contribution in [0.15, 0.2) is 116 Å². The van der Waals surface area contributed by atoms with Crippen molar-refractivity contribution in [3.63, 3.8) is 0 Å². The molecule has 0 amide bonds. The van der Waals surface area contributed by atoms with E-state index < -0.39 is 0 Å². The molecule has 0 unspecified atom stereocenters. The lowest BCUT2D eigenvalue weighted by Gasteiger charge is -2.07. The Morgan fingerprint density at radius 2 is 1.68 bits per heavy atom. The molecule has 2 aromatic carbocycles. The first-order valence-electron chi connectivity index (χ1n) is 9.74. The zero-order chi connectivity index (χ0) is 20.2. The highest BCUT2D eigenvalue weighted by molar-refractivity contribution is 5.79. The smallest absolute Gasteiger partial charge is 0.0381 e. The molecule has 1 aliphatic rings. The van der Waals surface area contributed by atoms with Crippen molar-refractivity contribution < 1.29 is 0 Å². The lowest BCUT2D eigenvalue weighted by Crippen LogP contribution is -1.97. The van der Waals surface area contributed by atoms with E-state index in [1.54, 1.807) is 6.08 Å². The van der Waals surface area contributed by atoms with E-state index >= 15 is 0 Å². The molecule has 0 saturated carbocycles. The van der Waals surface area contributed by atoms with Crippen LogP contribution in [0.4, 0.5) is 5.69 Å². The van der Waals surface area contributed by atoms with E-state index in [1.807, 2.05) is 44.2 Å². The zero-order valence-corrected chi connectivity index (χ0v) is 16.9. The standard InChI is InChI=1S/C25H23N.C2H6/c1-3-4-9-20(2)21-14-16-23(17-15-21)22-10-8-13-25(19-18-22)26-24-11-6-5-7-12-24;1-2/h3-12,14-19,26H,1-2,13H2;1-2H3/b9-4-;. The third kappa shape index (κ3) is 6.14. The molecule has 0 aromatic heterocycles. The van der Waals surface area contributed by atoms with E-state index in [2.05, 4.69) is 79.2 Å². The minimum atomic E-state index is 0.885. The van der Waals surface area contributed by atoms with Gasteiger partial charge in [-0.3, -0.25) is 0 Å². The van der Waals surface area contributed by atoms with Gasteiger partial charge in [0.1, 0.15) is 0 Å². The molecular formula is C27H29N. The van der Waals surface area contributed by atoms with Crippen LogP contribution in [0.2, 0.25) is 0 Å². The Labute approximate surface area is 169 Å². The van der Waals surface area contributed by atoms with E-state index in [0.717, 1.165) is 23.2 Å². The third-order valence-corrected chi connectivity index (χ3v) is 4.20. The van der Waals surface area contributed by atoms with Crippen LogP contribution in [0, 0.1) is 0 Å². The first-order chi connectivity index (χ1) is 13.8. The lowest BCUT2D eigenvalue weighted by molar-refractivity contribution is 1.22. The van der Waals surface area contributed by atoms with Crippen LogP contribution in [0.3, 0.4) is 0 Å². The second kappa shape index (κ2) is 11.4. The van der Waals surface area contributed by atoms with Crippen molar-refractivity contribution in [3.05, 3.63) is 127 Å². The maximum absolute atomic E-state index is 4.09. The van der Waals surface area contributed by atoms with Gasteiger partial charge < -0.3 is 5.32 Å². The van der Waals surface area contributed by atoms with Crippen LogP contribution < -0.4 is 5.32 Å². The average molecular weight is 368 g/mol. The molecule has 28 heavy (non-hydrogen) atoms. The van der Waals surface area contributed by atoms with Gasteiger partial charge in [-0.25, -0.2) is 0 Å². The minimum Gasteiger partial charge on any atom is -0.359 e. The Balaban J connectivity index is 0.00000136. The van der Waals surface area contributed by atoms with Crippen LogP contribution in [-0.4, -0.2) is 0 Å². The molecule has 2 aromatic rings. The van der Waals surface area contributed by atoms with Crippen molar-refractivity contribution >= 4 is 16.8 Å². The number of anilines is 1. The van der Waals surface area contributed by atoms with Crippen molar-refractivity contribution in [3.8, 4) is 0 Å². The third-order valence-electron chi connectivity index (χ3n) is 4.20. The van der Waals surface area contributed by atoms with E-state index in [1.165, 1.54) is 16.8 Å². The quantitative estimate of drug-likeness (QED) is 0.513. The molecule has 142 valence electrons. The molecule has 0 atom stereocenters. The van der Waals surface area contributed by atoms with E-state index in [0.29, 0.717) is 0 Å². The lowest BCUT2D eigenvalue weighted by atomic mass is 10.0. The predicted molar refractivity (Wildman–Crippen MR) is 126 cm³/mol. The number of allylic oxidation sites excluding steroid dienone is 9. The van der Waals surface area contributed by atoms with Gasteiger partial charge in [0, 0.05) is 17.8 Å². The maximum atomic E-state index is 4.09. The number of hydrogen-bond acceptors (Lipinski definition) is 1. The fraction of sp³-hybridized carbons (Fsp3) is 0.111. The normalized spacial score (nSPS) is 12.9. The Bertz CT molecular complexity index is 891.